The maximum Gasteiger partial charge on any atom is 0.416 e. The van der Waals surface area contributed by atoms with Crippen LogP contribution in [-0.2, 0) is 6.18 Å². The summed E-state index contributed by atoms with van der Waals surface area (Å²) in [6.45, 7) is 0.00638. The molecule has 0 aliphatic rings. The Morgan fingerprint density at radius 2 is 2.04 bits per heavy atom. The van der Waals surface area contributed by atoms with Gasteiger partial charge in [-0.25, -0.2) is 4.98 Å². The third-order valence-electron chi connectivity index (χ3n) is 2.87. The Morgan fingerprint density at radius 1 is 1.26 bits per heavy atom. The second-order valence-electron chi connectivity index (χ2n) is 4.74. The molecule has 0 spiro atoms. The molecule has 1 aromatic heterocycles. The van der Waals surface area contributed by atoms with Crippen molar-refractivity contribution in [1.29, 1.82) is 0 Å². The lowest BCUT2D eigenvalue weighted by Crippen LogP contribution is -2.26. The van der Waals surface area contributed by atoms with E-state index in [4.69, 9.17) is 16.3 Å². The molecular formula is C15H14ClF3N2O2. The summed E-state index contributed by atoms with van der Waals surface area (Å²) in [6, 6.07) is 7.76. The highest BCUT2D eigenvalue weighted by atomic mass is 35.5. The molecule has 0 saturated heterocycles. The minimum Gasteiger partial charge on any atom is -0.491 e. The average Bonchev–Trinajstić information content (AvgIpc) is 2.50. The van der Waals surface area contributed by atoms with E-state index in [1.807, 2.05) is 0 Å². The maximum absolute atomic E-state index is 12.6. The highest BCUT2D eigenvalue weighted by molar-refractivity contribution is 6.29. The first-order valence-electron chi connectivity index (χ1n) is 6.68. The number of nitrogens with one attached hydrogen (secondary N) is 1. The van der Waals surface area contributed by atoms with Crippen molar-refractivity contribution >= 4 is 17.3 Å². The van der Waals surface area contributed by atoms with E-state index in [0.717, 1.165) is 12.1 Å². The Labute approximate surface area is 135 Å². The molecule has 0 radical (unpaired) electrons. The molecule has 1 atom stereocenters. The summed E-state index contributed by atoms with van der Waals surface area (Å²) in [5.74, 6) is 0.0471. The molecule has 0 amide bonds. The van der Waals surface area contributed by atoms with E-state index in [-0.39, 0.29) is 18.9 Å². The van der Waals surface area contributed by atoms with Crippen LogP contribution in [0, 0.1) is 0 Å². The molecule has 0 saturated carbocycles. The number of anilines is 1. The van der Waals surface area contributed by atoms with Gasteiger partial charge in [-0.3, -0.25) is 0 Å². The normalized spacial score (nSPS) is 12.7. The van der Waals surface area contributed by atoms with Gasteiger partial charge in [0, 0.05) is 18.4 Å². The first-order chi connectivity index (χ1) is 10.8. The Balaban J connectivity index is 1.83. The summed E-state index contributed by atoms with van der Waals surface area (Å²) in [5, 5.41) is 13.0. The quantitative estimate of drug-likeness (QED) is 0.785. The second kappa shape index (κ2) is 7.52. The van der Waals surface area contributed by atoms with Gasteiger partial charge in [-0.1, -0.05) is 17.7 Å². The highest BCUT2D eigenvalue weighted by Gasteiger charge is 2.30. The van der Waals surface area contributed by atoms with Gasteiger partial charge in [-0.05, 0) is 30.3 Å². The van der Waals surface area contributed by atoms with Crippen LogP contribution in [-0.4, -0.2) is 29.3 Å². The number of ether oxygens (including phenoxy) is 1. The molecule has 124 valence electrons. The van der Waals surface area contributed by atoms with E-state index in [2.05, 4.69) is 10.3 Å². The fraction of sp³-hybridized carbons (Fsp3) is 0.267. The van der Waals surface area contributed by atoms with Crippen LogP contribution in [0.5, 0.6) is 5.75 Å². The van der Waals surface area contributed by atoms with Gasteiger partial charge in [-0.2, -0.15) is 13.2 Å². The Morgan fingerprint density at radius 3 is 2.74 bits per heavy atom. The lowest BCUT2D eigenvalue weighted by Gasteiger charge is -2.15. The molecule has 23 heavy (non-hydrogen) atoms. The molecule has 2 N–H and O–H groups in total. The fourth-order valence-corrected chi connectivity index (χ4v) is 1.94. The number of hydrogen-bond donors (Lipinski definition) is 2. The predicted molar refractivity (Wildman–Crippen MR) is 80.7 cm³/mol. The number of pyridine rings is 1. The molecule has 0 aliphatic heterocycles. The zero-order valence-electron chi connectivity index (χ0n) is 11.8. The van der Waals surface area contributed by atoms with Gasteiger partial charge in [0.2, 0.25) is 0 Å². The molecule has 1 heterocycles. The lowest BCUT2D eigenvalue weighted by molar-refractivity contribution is -0.137. The van der Waals surface area contributed by atoms with Crippen molar-refractivity contribution in [1.82, 2.24) is 4.98 Å². The van der Waals surface area contributed by atoms with Gasteiger partial charge < -0.3 is 15.2 Å². The molecule has 1 aromatic carbocycles. The van der Waals surface area contributed by atoms with Gasteiger partial charge in [0.1, 0.15) is 23.6 Å². The number of rotatable bonds is 6. The van der Waals surface area contributed by atoms with E-state index < -0.39 is 17.8 Å². The second-order valence-corrected chi connectivity index (χ2v) is 5.13. The van der Waals surface area contributed by atoms with E-state index >= 15 is 0 Å². The van der Waals surface area contributed by atoms with Crippen molar-refractivity contribution in [2.45, 2.75) is 12.3 Å². The van der Waals surface area contributed by atoms with E-state index in [1.165, 1.54) is 18.3 Å². The summed E-state index contributed by atoms with van der Waals surface area (Å²) >= 11 is 5.72. The SMILES string of the molecule is OC(CNc1ccnc(Cl)c1)COc1cccc(C(F)(F)F)c1. The van der Waals surface area contributed by atoms with Gasteiger partial charge in [0.25, 0.3) is 0 Å². The molecule has 8 heteroatoms. The summed E-state index contributed by atoms with van der Waals surface area (Å²) in [4.78, 5) is 3.82. The maximum atomic E-state index is 12.6. The number of aliphatic hydroxyl groups is 1. The highest BCUT2D eigenvalue weighted by Crippen LogP contribution is 2.31. The van der Waals surface area contributed by atoms with Gasteiger partial charge in [-0.15, -0.1) is 0 Å². The Hall–Kier alpha value is -1.99. The third kappa shape index (κ3) is 5.61. The van der Waals surface area contributed by atoms with Gasteiger partial charge >= 0.3 is 6.18 Å². The molecular weight excluding hydrogens is 333 g/mol. The largest absolute Gasteiger partial charge is 0.491 e. The minimum absolute atomic E-state index is 0.0471. The zero-order chi connectivity index (χ0) is 16.9. The number of hydrogen-bond acceptors (Lipinski definition) is 4. The van der Waals surface area contributed by atoms with E-state index in [9.17, 15) is 18.3 Å². The number of alkyl halides is 3. The standard InChI is InChI=1S/C15H14ClF3N2O2/c16-14-7-11(4-5-20-14)21-8-12(22)9-23-13-3-1-2-10(6-13)15(17,18)19/h1-7,12,22H,8-9H2,(H,20,21). The number of aromatic nitrogens is 1. The number of aliphatic hydroxyl groups excluding tert-OH is 1. The van der Waals surface area contributed by atoms with Crippen LogP contribution in [0.2, 0.25) is 5.15 Å². The first-order valence-corrected chi connectivity index (χ1v) is 7.06. The van der Waals surface area contributed by atoms with Crippen molar-refractivity contribution < 1.29 is 23.0 Å². The molecule has 2 rings (SSSR count). The molecule has 2 aromatic rings. The number of halogens is 4. The van der Waals surface area contributed by atoms with Crippen LogP contribution in [0.4, 0.5) is 18.9 Å². The van der Waals surface area contributed by atoms with Crippen LogP contribution in [0.3, 0.4) is 0 Å². The predicted octanol–water partition coefficient (Wildman–Crippen LogP) is 3.61. The van der Waals surface area contributed by atoms with Gasteiger partial charge in [0.15, 0.2) is 0 Å². The lowest BCUT2D eigenvalue weighted by atomic mass is 10.2. The van der Waals surface area contributed by atoms with Crippen molar-refractivity contribution in [3.63, 3.8) is 0 Å². The van der Waals surface area contributed by atoms with Crippen molar-refractivity contribution in [2.75, 3.05) is 18.5 Å². The molecule has 0 bridgehead atoms. The molecule has 0 aliphatic carbocycles. The van der Waals surface area contributed by atoms with Crippen LogP contribution in [0.15, 0.2) is 42.6 Å². The molecule has 1 unspecified atom stereocenters. The number of benzene rings is 1. The first kappa shape index (κ1) is 17.4. The summed E-state index contributed by atoms with van der Waals surface area (Å²) < 4.78 is 42.9. The topological polar surface area (TPSA) is 54.4 Å². The van der Waals surface area contributed by atoms with Gasteiger partial charge in [0.05, 0.1) is 5.56 Å². The van der Waals surface area contributed by atoms with Crippen molar-refractivity contribution in [3.05, 3.63) is 53.3 Å². The Kier molecular flexibility index (Phi) is 5.68. The van der Waals surface area contributed by atoms with Crippen LogP contribution in [0.1, 0.15) is 5.56 Å². The fourth-order valence-electron chi connectivity index (χ4n) is 1.76. The smallest absolute Gasteiger partial charge is 0.416 e. The van der Waals surface area contributed by atoms with Crippen molar-refractivity contribution in [3.8, 4) is 5.75 Å². The summed E-state index contributed by atoms with van der Waals surface area (Å²) in [5.41, 5.74) is -0.128. The van der Waals surface area contributed by atoms with Crippen LogP contribution in [0.25, 0.3) is 0 Å². The number of nitrogens with zero attached hydrogens (tertiary/aromatic N) is 1. The molecule has 4 nitrogen and oxygen atoms in total. The Bertz CT molecular complexity index is 653. The summed E-state index contributed by atoms with van der Waals surface area (Å²) in [6.07, 6.45) is -3.83. The minimum atomic E-state index is -4.43. The van der Waals surface area contributed by atoms with E-state index in [0.29, 0.717) is 10.8 Å². The van der Waals surface area contributed by atoms with Crippen molar-refractivity contribution in [2.24, 2.45) is 0 Å². The average molecular weight is 347 g/mol. The summed E-state index contributed by atoms with van der Waals surface area (Å²) in [7, 11) is 0. The third-order valence-corrected chi connectivity index (χ3v) is 3.08. The van der Waals surface area contributed by atoms with E-state index in [1.54, 1.807) is 12.1 Å². The zero-order valence-corrected chi connectivity index (χ0v) is 12.6. The van der Waals surface area contributed by atoms with Crippen LogP contribution < -0.4 is 10.1 Å². The monoisotopic (exact) mass is 346 g/mol. The molecule has 0 fully saturated rings. The van der Waals surface area contributed by atoms with Crippen LogP contribution >= 0.6 is 11.6 Å².